The molecule has 3 unspecified atom stereocenters. The molecule has 1 rings (SSSR count). The Morgan fingerprint density at radius 2 is 2.09 bits per heavy atom. The van der Waals surface area contributed by atoms with Gasteiger partial charge in [0.2, 0.25) is 0 Å². The average Bonchev–Trinajstić information content (AvgIpc) is 1.99. The minimum atomic E-state index is 0.865. The van der Waals surface area contributed by atoms with Crippen LogP contribution in [0.2, 0.25) is 0 Å². The highest BCUT2D eigenvalue weighted by molar-refractivity contribution is 4.98. The molecule has 0 aliphatic heterocycles. The van der Waals surface area contributed by atoms with E-state index in [0.717, 1.165) is 17.8 Å². The van der Waals surface area contributed by atoms with E-state index in [1.54, 1.807) is 0 Å². The standard InChI is InChI=1S/C11H20/c1-4-6-11-8-5-7-9(2)10(11)3/h5,8-11H,4,6-7H2,1-3H3. The van der Waals surface area contributed by atoms with Crippen molar-refractivity contribution in [1.82, 2.24) is 0 Å². The van der Waals surface area contributed by atoms with E-state index in [1.807, 2.05) is 0 Å². The summed E-state index contributed by atoms with van der Waals surface area (Å²) in [6.45, 7) is 7.05. The minimum absolute atomic E-state index is 0.865. The highest BCUT2D eigenvalue weighted by Gasteiger charge is 2.21. The Hall–Kier alpha value is -0.260. The zero-order valence-corrected chi connectivity index (χ0v) is 8.01. The Morgan fingerprint density at radius 1 is 1.36 bits per heavy atom. The van der Waals surface area contributed by atoms with Gasteiger partial charge in [-0.05, 0) is 30.6 Å². The Morgan fingerprint density at radius 3 is 2.73 bits per heavy atom. The van der Waals surface area contributed by atoms with Gasteiger partial charge < -0.3 is 0 Å². The quantitative estimate of drug-likeness (QED) is 0.530. The lowest BCUT2D eigenvalue weighted by Gasteiger charge is -2.29. The molecular weight excluding hydrogens is 132 g/mol. The third-order valence-corrected chi connectivity index (χ3v) is 3.09. The molecule has 0 fully saturated rings. The largest absolute Gasteiger partial charge is 0.0880 e. The molecular formula is C11H20. The summed E-state index contributed by atoms with van der Waals surface area (Å²) in [5.74, 6) is 2.67. The van der Waals surface area contributed by atoms with E-state index in [-0.39, 0.29) is 0 Å². The molecule has 0 radical (unpaired) electrons. The highest BCUT2D eigenvalue weighted by Crippen LogP contribution is 2.32. The van der Waals surface area contributed by atoms with Crippen LogP contribution in [0.25, 0.3) is 0 Å². The van der Waals surface area contributed by atoms with Gasteiger partial charge in [-0.15, -0.1) is 0 Å². The fourth-order valence-corrected chi connectivity index (χ4v) is 1.97. The van der Waals surface area contributed by atoms with Gasteiger partial charge in [0.05, 0.1) is 0 Å². The van der Waals surface area contributed by atoms with Gasteiger partial charge in [-0.3, -0.25) is 0 Å². The van der Waals surface area contributed by atoms with Crippen LogP contribution in [0.3, 0.4) is 0 Å². The predicted octanol–water partition coefficient (Wildman–Crippen LogP) is 3.63. The molecule has 0 N–H and O–H groups in total. The molecule has 64 valence electrons. The molecule has 0 heteroatoms. The SMILES string of the molecule is CCCC1C=CCC(C)C1C. The third-order valence-electron chi connectivity index (χ3n) is 3.09. The Labute approximate surface area is 70.7 Å². The molecule has 0 heterocycles. The fourth-order valence-electron chi connectivity index (χ4n) is 1.97. The number of hydrogen-bond acceptors (Lipinski definition) is 0. The number of hydrogen-bond donors (Lipinski definition) is 0. The third kappa shape index (κ3) is 2.08. The van der Waals surface area contributed by atoms with Crippen LogP contribution in [0.4, 0.5) is 0 Å². The van der Waals surface area contributed by atoms with Crippen molar-refractivity contribution in [1.29, 1.82) is 0 Å². The predicted molar refractivity (Wildman–Crippen MR) is 50.5 cm³/mol. The van der Waals surface area contributed by atoms with Gasteiger partial charge in [-0.25, -0.2) is 0 Å². The summed E-state index contributed by atoms with van der Waals surface area (Å²) in [6, 6.07) is 0. The van der Waals surface area contributed by atoms with Gasteiger partial charge in [-0.1, -0.05) is 39.3 Å². The number of allylic oxidation sites excluding steroid dienone is 2. The molecule has 0 aromatic rings. The van der Waals surface area contributed by atoms with Crippen molar-refractivity contribution in [2.45, 2.75) is 40.0 Å². The van der Waals surface area contributed by atoms with Crippen LogP contribution in [0.15, 0.2) is 12.2 Å². The molecule has 0 bridgehead atoms. The summed E-state index contributed by atoms with van der Waals surface area (Å²) in [4.78, 5) is 0. The van der Waals surface area contributed by atoms with Crippen molar-refractivity contribution in [3.05, 3.63) is 12.2 Å². The maximum atomic E-state index is 2.42. The summed E-state index contributed by atoms with van der Waals surface area (Å²) in [7, 11) is 0. The van der Waals surface area contributed by atoms with Crippen molar-refractivity contribution < 1.29 is 0 Å². The van der Waals surface area contributed by atoms with Crippen LogP contribution in [0.5, 0.6) is 0 Å². The first-order valence-corrected chi connectivity index (χ1v) is 4.92. The average molecular weight is 152 g/mol. The smallest absolute Gasteiger partial charge is 0.0205 e. The highest BCUT2D eigenvalue weighted by atomic mass is 14.3. The first kappa shape index (κ1) is 8.83. The molecule has 1 aliphatic carbocycles. The van der Waals surface area contributed by atoms with Crippen molar-refractivity contribution in [3.63, 3.8) is 0 Å². The summed E-state index contributed by atoms with van der Waals surface area (Å²) >= 11 is 0. The Kier molecular flexibility index (Phi) is 3.16. The van der Waals surface area contributed by atoms with E-state index in [9.17, 15) is 0 Å². The van der Waals surface area contributed by atoms with Crippen molar-refractivity contribution in [2.24, 2.45) is 17.8 Å². The summed E-state index contributed by atoms with van der Waals surface area (Å²) in [5.41, 5.74) is 0. The van der Waals surface area contributed by atoms with E-state index in [1.165, 1.54) is 19.3 Å². The van der Waals surface area contributed by atoms with Gasteiger partial charge in [0.15, 0.2) is 0 Å². The molecule has 0 saturated heterocycles. The molecule has 3 atom stereocenters. The summed E-state index contributed by atoms with van der Waals surface area (Å²) in [5, 5.41) is 0. The van der Waals surface area contributed by atoms with Crippen LogP contribution in [0.1, 0.15) is 40.0 Å². The van der Waals surface area contributed by atoms with Crippen LogP contribution >= 0.6 is 0 Å². The van der Waals surface area contributed by atoms with Crippen LogP contribution in [-0.2, 0) is 0 Å². The second kappa shape index (κ2) is 3.94. The van der Waals surface area contributed by atoms with Gasteiger partial charge >= 0.3 is 0 Å². The van der Waals surface area contributed by atoms with Gasteiger partial charge in [0.1, 0.15) is 0 Å². The lowest BCUT2D eigenvalue weighted by atomic mass is 9.76. The second-order valence-corrected chi connectivity index (χ2v) is 3.95. The lowest BCUT2D eigenvalue weighted by molar-refractivity contribution is 0.276. The Balaban J connectivity index is 2.50. The molecule has 0 nitrogen and oxygen atoms in total. The number of rotatable bonds is 2. The van der Waals surface area contributed by atoms with Gasteiger partial charge in [0.25, 0.3) is 0 Å². The Bertz CT molecular complexity index is 135. The van der Waals surface area contributed by atoms with Crippen molar-refractivity contribution in [2.75, 3.05) is 0 Å². The summed E-state index contributed by atoms with van der Waals surface area (Å²) in [6.07, 6.45) is 8.79. The zero-order chi connectivity index (χ0) is 8.27. The molecule has 0 saturated carbocycles. The first-order chi connectivity index (χ1) is 5.25. The maximum Gasteiger partial charge on any atom is -0.0205 e. The normalized spacial score (nSPS) is 37.5. The molecule has 0 aromatic heterocycles. The monoisotopic (exact) mass is 152 g/mol. The maximum absolute atomic E-state index is 2.42. The van der Waals surface area contributed by atoms with E-state index in [2.05, 4.69) is 32.9 Å². The molecule has 11 heavy (non-hydrogen) atoms. The fraction of sp³-hybridized carbons (Fsp3) is 0.818. The molecule has 0 aromatic carbocycles. The van der Waals surface area contributed by atoms with Gasteiger partial charge in [-0.2, -0.15) is 0 Å². The van der Waals surface area contributed by atoms with Crippen LogP contribution in [0, 0.1) is 17.8 Å². The van der Waals surface area contributed by atoms with Crippen LogP contribution in [-0.4, -0.2) is 0 Å². The van der Waals surface area contributed by atoms with Gasteiger partial charge in [0, 0.05) is 0 Å². The molecule has 0 amide bonds. The minimum Gasteiger partial charge on any atom is -0.0880 e. The molecule has 1 aliphatic rings. The summed E-state index contributed by atoms with van der Waals surface area (Å²) < 4.78 is 0. The van der Waals surface area contributed by atoms with Crippen molar-refractivity contribution >= 4 is 0 Å². The van der Waals surface area contributed by atoms with Crippen molar-refractivity contribution in [3.8, 4) is 0 Å². The topological polar surface area (TPSA) is 0 Å². The lowest BCUT2D eigenvalue weighted by Crippen LogP contribution is -2.20. The first-order valence-electron chi connectivity index (χ1n) is 4.92. The van der Waals surface area contributed by atoms with Crippen LogP contribution < -0.4 is 0 Å². The van der Waals surface area contributed by atoms with E-state index >= 15 is 0 Å². The van der Waals surface area contributed by atoms with E-state index in [0.29, 0.717) is 0 Å². The molecule has 0 spiro atoms. The second-order valence-electron chi connectivity index (χ2n) is 3.95. The van der Waals surface area contributed by atoms with E-state index in [4.69, 9.17) is 0 Å². The van der Waals surface area contributed by atoms with E-state index < -0.39 is 0 Å². The zero-order valence-electron chi connectivity index (χ0n) is 8.01.